The first-order chi connectivity index (χ1) is 19.3. The van der Waals surface area contributed by atoms with Crippen LogP contribution in [0.5, 0.6) is 0 Å². The Hall–Kier alpha value is -2.49. The first kappa shape index (κ1) is 25.5. The third-order valence-corrected chi connectivity index (χ3v) is 10.0. The molecular formula is C30H44N8O. The molecule has 4 fully saturated rings. The molecule has 3 saturated heterocycles. The van der Waals surface area contributed by atoms with E-state index in [4.69, 9.17) is 10.2 Å². The van der Waals surface area contributed by atoms with Crippen molar-refractivity contribution in [2.45, 2.75) is 101 Å². The highest BCUT2D eigenvalue weighted by Gasteiger charge is 2.48. The number of rotatable bonds is 6. The molecule has 1 saturated carbocycles. The van der Waals surface area contributed by atoms with Crippen LogP contribution < -0.4 is 15.8 Å². The number of amides is 1. The standard InChI is InChI=1S/C30H44N8O/c39-27(36-20-16-23(17-21-36)35-18-7-2-8-19-35)15-9-14-26-32-33-30-37(26)25-13-6-5-12-24(25)29-31-28(34-38(29)30)22-10-3-1-4-11-22/h1,3-4,10-11,23-25,28-29,31,34H,2,5-9,12-21H2. The molecule has 4 atom stereocenters. The molecule has 1 aliphatic carbocycles. The summed E-state index contributed by atoms with van der Waals surface area (Å²) in [5, 5.41) is 15.5. The fourth-order valence-corrected chi connectivity index (χ4v) is 7.95. The van der Waals surface area contributed by atoms with Crippen molar-refractivity contribution in [2.24, 2.45) is 5.92 Å². The molecule has 0 radical (unpaired) electrons. The second-order valence-electron chi connectivity index (χ2n) is 12.3. The zero-order valence-electron chi connectivity index (χ0n) is 23.2. The van der Waals surface area contributed by atoms with Gasteiger partial charge in [-0.15, -0.1) is 10.2 Å². The van der Waals surface area contributed by atoms with Gasteiger partial charge in [0.05, 0.1) is 0 Å². The van der Waals surface area contributed by atoms with Crippen molar-refractivity contribution in [3.05, 3.63) is 41.7 Å². The number of piperidine rings is 2. The van der Waals surface area contributed by atoms with Gasteiger partial charge in [0.2, 0.25) is 11.9 Å². The lowest BCUT2D eigenvalue weighted by molar-refractivity contribution is -0.132. The van der Waals surface area contributed by atoms with Crippen LogP contribution >= 0.6 is 0 Å². The number of hydrazine groups is 1. The van der Waals surface area contributed by atoms with E-state index in [1.165, 1.54) is 63.6 Å². The lowest BCUT2D eigenvalue weighted by Crippen LogP contribution is -2.53. The number of carbonyl (C=O) groups excluding carboxylic acids is 1. The number of carbonyl (C=O) groups is 1. The molecule has 9 nitrogen and oxygen atoms in total. The third-order valence-electron chi connectivity index (χ3n) is 10.0. The largest absolute Gasteiger partial charge is 0.343 e. The summed E-state index contributed by atoms with van der Waals surface area (Å²) in [5.41, 5.74) is 4.93. The van der Waals surface area contributed by atoms with Gasteiger partial charge in [-0.1, -0.05) is 49.6 Å². The average Bonchev–Trinajstić information content (AvgIpc) is 3.64. The number of benzene rings is 1. The fraction of sp³-hybridized carbons (Fsp3) is 0.700. The van der Waals surface area contributed by atoms with Crippen LogP contribution in [0.4, 0.5) is 5.95 Å². The quantitative estimate of drug-likeness (QED) is 0.586. The van der Waals surface area contributed by atoms with E-state index in [0.29, 0.717) is 30.3 Å². The van der Waals surface area contributed by atoms with Gasteiger partial charge in [-0.25, -0.2) is 5.43 Å². The van der Waals surface area contributed by atoms with Crippen molar-refractivity contribution < 1.29 is 4.79 Å². The molecule has 1 amide bonds. The molecule has 0 bridgehead atoms. The Morgan fingerprint density at radius 1 is 0.897 bits per heavy atom. The van der Waals surface area contributed by atoms with E-state index in [1.807, 2.05) is 0 Å². The van der Waals surface area contributed by atoms with Crippen molar-refractivity contribution in [3.8, 4) is 0 Å². The number of hydrogen-bond donors (Lipinski definition) is 2. The predicted molar refractivity (Wildman–Crippen MR) is 151 cm³/mol. The number of hydrogen-bond acceptors (Lipinski definition) is 7. The maximum absolute atomic E-state index is 13.1. The van der Waals surface area contributed by atoms with Crippen molar-refractivity contribution in [1.82, 2.24) is 35.3 Å². The minimum Gasteiger partial charge on any atom is -0.343 e. The van der Waals surface area contributed by atoms with E-state index in [-0.39, 0.29) is 12.3 Å². The van der Waals surface area contributed by atoms with Crippen LogP contribution in [-0.2, 0) is 11.2 Å². The molecule has 0 spiro atoms. The van der Waals surface area contributed by atoms with Gasteiger partial charge in [-0.3, -0.25) is 19.7 Å². The summed E-state index contributed by atoms with van der Waals surface area (Å²) < 4.78 is 2.41. The lowest BCUT2D eigenvalue weighted by Gasteiger charge is -2.44. The first-order valence-electron chi connectivity index (χ1n) is 15.6. The van der Waals surface area contributed by atoms with E-state index in [9.17, 15) is 4.79 Å². The second kappa shape index (κ2) is 11.2. The summed E-state index contributed by atoms with van der Waals surface area (Å²) in [6.45, 7) is 4.34. The number of nitrogens with zero attached hydrogens (tertiary/aromatic N) is 6. The lowest BCUT2D eigenvalue weighted by atomic mass is 9.81. The number of aromatic nitrogens is 3. The SMILES string of the molecule is O=C(CCCc1nnc2n1C1CCCCC1C1NC(c3ccccc3)NN21)N1CCC(N2CCCCC2)CC1. The summed E-state index contributed by atoms with van der Waals surface area (Å²) in [6, 6.07) is 11.7. The van der Waals surface area contributed by atoms with Crippen LogP contribution in [0.2, 0.25) is 0 Å². The highest BCUT2D eigenvalue weighted by molar-refractivity contribution is 5.76. The number of anilines is 1. The first-order valence-corrected chi connectivity index (χ1v) is 15.6. The Morgan fingerprint density at radius 3 is 2.51 bits per heavy atom. The van der Waals surface area contributed by atoms with E-state index in [0.717, 1.165) is 50.5 Å². The minimum absolute atomic E-state index is 0.0714. The monoisotopic (exact) mass is 532 g/mol. The summed E-state index contributed by atoms with van der Waals surface area (Å²) in [4.78, 5) is 17.9. The van der Waals surface area contributed by atoms with Gasteiger partial charge >= 0.3 is 0 Å². The maximum atomic E-state index is 13.1. The van der Waals surface area contributed by atoms with Crippen molar-refractivity contribution in [2.75, 3.05) is 31.2 Å². The van der Waals surface area contributed by atoms with Crippen molar-refractivity contribution in [1.29, 1.82) is 0 Å². The van der Waals surface area contributed by atoms with Gasteiger partial charge < -0.3 is 9.80 Å². The topological polar surface area (TPSA) is 81.6 Å². The molecule has 39 heavy (non-hydrogen) atoms. The second-order valence-corrected chi connectivity index (χ2v) is 12.3. The average molecular weight is 533 g/mol. The molecular weight excluding hydrogens is 488 g/mol. The van der Waals surface area contributed by atoms with Gasteiger partial charge in [0.15, 0.2) is 0 Å². The van der Waals surface area contributed by atoms with Crippen LogP contribution in [0.25, 0.3) is 0 Å². The highest BCUT2D eigenvalue weighted by atomic mass is 16.2. The molecule has 1 aromatic carbocycles. The zero-order chi connectivity index (χ0) is 26.2. The molecule has 2 N–H and O–H groups in total. The third kappa shape index (κ3) is 4.98. The van der Waals surface area contributed by atoms with Crippen LogP contribution in [0.15, 0.2) is 30.3 Å². The van der Waals surface area contributed by atoms with Gasteiger partial charge in [0.25, 0.3) is 0 Å². The number of fused-ring (bicyclic) bond motifs is 6. The van der Waals surface area contributed by atoms with E-state index in [2.05, 4.69) is 60.5 Å². The van der Waals surface area contributed by atoms with E-state index in [1.54, 1.807) is 0 Å². The Balaban J connectivity index is 0.986. The Morgan fingerprint density at radius 2 is 1.69 bits per heavy atom. The Labute approximate surface area is 232 Å². The Kier molecular flexibility index (Phi) is 7.30. The van der Waals surface area contributed by atoms with Crippen LogP contribution in [-0.4, -0.2) is 68.9 Å². The predicted octanol–water partition coefficient (Wildman–Crippen LogP) is 3.76. The molecule has 9 heteroatoms. The summed E-state index contributed by atoms with van der Waals surface area (Å²) in [6.07, 6.45) is 13.8. The molecule has 210 valence electrons. The normalized spacial score (nSPS) is 29.6. The van der Waals surface area contributed by atoms with Crippen LogP contribution in [0.3, 0.4) is 0 Å². The molecule has 4 aliphatic heterocycles. The molecule has 5 heterocycles. The van der Waals surface area contributed by atoms with Crippen molar-refractivity contribution >= 4 is 11.9 Å². The fourth-order valence-electron chi connectivity index (χ4n) is 7.95. The summed E-state index contributed by atoms with van der Waals surface area (Å²) >= 11 is 0. The minimum atomic E-state index is 0.0714. The van der Waals surface area contributed by atoms with E-state index >= 15 is 0 Å². The molecule has 4 unspecified atom stereocenters. The maximum Gasteiger partial charge on any atom is 0.243 e. The van der Waals surface area contributed by atoms with Gasteiger partial charge in [0, 0.05) is 43.9 Å². The van der Waals surface area contributed by atoms with E-state index < -0.39 is 0 Å². The smallest absolute Gasteiger partial charge is 0.243 e. The van der Waals surface area contributed by atoms with Gasteiger partial charge in [0.1, 0.15) is 18.2 Å². The summed E-state index contributed by atoms with van der Waals surface area (Å²) in [7, 11) is 0. The molecule has 1 aromatic heterocycles. The zero-order valence-corrected chi connectivity index (χ0v) is 23.2. The van der Waals surface area contributed by atoms with Gasteiger partial charge in [-0.05, 0) is 63.6 Å². The number of nitrogens with one attached hydrogen (secondary N) is 2. The van der Waals surface area contributed by atoms with Crippen molar-refractivity contribution in [3.63, 3.8) is 0 Å². The Bertz CT molecular complexity index is 1120. The summed E-state index contributed by atoms with van der Waals surface area (Å²) in [5.74, 6) is 2.80. The highest BCUT2D eigenvalue weighted by Crippen LogP contribution is 2.45. The van der Waals surface area contributed by atoms with Crippen LogP contribution in [0, 0.1) is 5.92 Å². The molecule has 7 rings (SSSR count). The van der Waals surface area contributed by atoms with Crippen LogP contribution in [0.1, 0.15) is 94.2 Å². The van der Waals surface area contributed by atoms with Gasteiger partial charge in [-0.2, -0.15) is 0 Å². The number of aryl methyl sites for hydroxylation is 1. The number of likely N-dealkylation sites (tertiary alicyclic amines) is 2. The molecule has 2 aromatic rings. The molecule has 5 aliphatic rings.